The minimum Gasteiger partial charge on any atom is -0.391 e. The van der Waals surface area contributed by atoms with E-state index in [1.165, 1.54) is 12.4 Å². The minimum atomic E-state index is -1.24. The lowest BCUT2D eigenvalue weighted by molar-refractivity contribution is -0.133. The fourth-order valence-electron chi connectivity index (χ4n) is 2.47. The number of hydrogen-bond acceptors (Lipinski definition) is 6. The van der Waals surface area contributed by atoms with E-state index in [1.54, 1.807) is 18.3 Å². The maximum Gasteiger partial charge on any atom is 0.268 e. The summed E-state index contributed by atoms with van der Waals surface area (Å²) in [5, 5.41) is 23.9. The smallest absolute Gasteiger partial charge is 0.268 e. The van der Waals surface area contributed by atoms with Crippen LogP contribution in [0.5, 0.6) is 0 Å². The Labute approximate surface area is 157 Å². The van der Waals surface area contributed by atoms with Crippen molar-refractivity contribution in [2.75, 3.05) is 6.54 Å². The van der Waals surface area contributed by atoms with Crippen molar-refractivity contribution in [3.8, 4) is 0 Å². The molecule has 2 unspecified atom stereocenters. The Kier molecular flexibility index (Phi) is 7.87. The number of nitrogens with one attached hydrogen (secondary N) is 3. The third-order valence-corrected chi connectivity index (χ3v) is 3.99. The van der Waals surface area contributed by atoms with Crippen LogP contribution in [0.15, 0.2) is 48.7 Å². The molecule has 1 heterocycles. The molecule has 2 amide bonds. The van der Waals surface area contributed by atoms with Crippen molar-refractivity contribution in [1.29, 1.82) is 0 Å². The van der Waals surface area contributed by atoms with Crippen LogP contribution < -0.4 is 16.1 Å². The van der Waals surface area contributed by atoms with E-state index in [9.17, 15) is 14.7 Å². The van der Waals surface area contributed by atoms with E-state index >= 15 is 0 Å². The van der Waals surface area contributed by atoms with Gasteiger partial charge in [0.1, 0.15) is 6.04 Å². The monoisotopic (exact) mass is 372 g/mol. The zero-order valence-electron chi connectivity index (χ0n) is 15.1. The molecule has 2 aromatic rings. The highest BCUT2D eigenvalue weighted by Gasteiger charge is 2.25. The number of benzene rings is 1. The standard InChI is InChI=1S/C19H24N4O4/c1-13(24)17(19(26)23-27)22-18(25)15-7-5-14(6-8-15)12-20-11-9-16-4-2-3-10-21-16/h2-8,10,13,17,20,24,27H,9,11-12H2,1H3,(H,22,25)(H,23,26). The number of aliphatic hydroxyl groups excluding tert-OH is 1. The number of carbonyl (C=O) groups excluding carboxylic acids is 2. The number of nitrogens with zero attached hydrogens (tertiary/aromatic N) is 1. The summed E-state index contributed by atoms with van der Waals surface area (Å²) in [6.07, 6.45) is 1.45. The highest BCUT2D eigenvalue weighted by molar-refractivity contribution is 5.97. The van der Waals surface area contributed by atoms with Crippen LogP contribution in [-0.2, 0) is 17.8 Å². The van der Waals surface area contributed by atoms with Gasteiger partial charge in [-0.3, -0.25) is 19.8 Å². The highest BCUT2D eigenvalue weighted by Crippen LogP contribution is 2.06. The summed E-state index contributed by atoms with van der Waals surface area (Å²) in [5.41, 5.74) is 3.81. The molecule has 0 radical (unpaired) electrons. The molecule has 2 rings (SSSR count). The summed E-state index contributed by atoms with van der Waals surface area (Å²) in [7, 11) is 0. The maximum absolute atomic E-state index is 12.2. The van der Waals surface area contributed by atoms with Gasteiger partial charge in [-0.25, -0.2) is 5.48 Å². The van der Waals surface area contributed by atoms with Crippen molar-refractivity contribution in [3.63, 3.8) is 0 Å². The molecule has 1 aromatic carbocycles. The number of pyridine rings is 1. The molecule has 8 nitrogen and oxygen atoms in total. The quantitative estimate of drug-likeness (QED) is 0.247. The fourth-order valence-corrected chi connectivity index (χ4v) is 2.47. The number of aliphatic hydroxyl groups is 1. The van der Waals surface area contributed by atoms with E-state index in [-0.39, 0.29) is 0 Å². The SMILES string of the molecule is CC(O)C(NC(=O)c1ccc(CNCCc2ccccn2)cc1)C(=O)NO. The van der Waals surface area contributed by atoms with Crippen LogP contribution in [0.1, 0.15) is 28.5 Å². The Morgan fingerprint density at radius 2 is 1.89 bits per heavy atom. The molecule has 0 fully saturated rings. The minimum absolute atomic E-state index is 0.351. The van der Waals surface area contributed by atoms with Crippen molar-refractivity contribution in [1.82, 2.24) is 21.1 Å². The van der Waals surface area contributed by atoms with E-state index in [4.69, 9.17) is 5.21 Å². The molecule has 0 aliphatic rings. The van der Waals surface area contributed by atoms with E-state index in [2.05, 4.69) is 15.6 Å². The molecule has 0 aliphatic carbocycles. The van der Waals surface area contributed by atoms with E-state index < -0.39 is 24.0 Å². The summed E-state index contributed by atoms with van der Waals surface area (Å²) in [5.74, 6) is -1.40. The number of hydroxylamine groups is 1. The Hall–Kier alpha value is -2.81. The zero-order chi connectivity index (χ0) is 19.6. The first-order valence-electron chi connectivity index (χ1n) is 8.63. The van der Waals surface area contributed by atoms with Gasteiger partial charge in [-0.05, 0) is 36.8 Å². The van der Waals surface area contributed by atoms with Crippen LogP contribution in [0.2, 0.25) is 0 Å². The molecule has 8 heteroatoms. The summed E-state index contributed by atoms with van der Waals surface area (Å²) < 4.78 is 0. The van der Waals surface area contributed by atoms with Gasteiger partial charge in [-0.1, -0.05) is 18.2 Å². The lowest BCUT2D eigenvalue weighted by atomic mass is 10.1. The zero-order valence-corrected chi connectivity index (χ0v) is 15.1. The number of amides is 2. The first kappa shape index (κ1) is 20.5. The second-order valence-corrected chi connectivity index (χ2v) is 6.11. The second-order valence-electron chi connectivity index (χ2n) is 6.11. The van der Waals surface area contributed by atoms with Crippen LogP contribution in [0.3, 0.4) is 0 Å². The molecule has 0 spiro atoms. The van der Waals surface area contributed by atoms with Gasteiger partial charge in [-0.2, -0.15) is 0 Å². The largest absolute Gasteiger partial charge is 0.391 e. The van der Waals surface area contributed by atoms with Crippen LogP contribution in [-0.4, -0.2) is 45.8 Å². The normalized spacial score (nSPS) is 12.9. The molecule has 5 N–H and O–H groups in total. The fraction of sp³-hybridized carbons (Fsp3) is 0.316. The Morgan fingerprint density at radius 3 is 2.48 bits per heavy atom. The van der Waals surface area contributed by atoms with Crippen molar-refractivity contribution >= 4 is 11.8 Å². The molecule has 0 aliphatic heterocycles. The molecular weight excluding hydrogens is 348 g/mol. The molecule has 2 atom stereocenters. The average molecular weight is 372 g/mol. The summed E-state index contributed by atoms with van der Waals surface area (Å²) in [6.45, 7) is 2.78. The van der Waals surface area contributed by atoms with E-state index in [0.29, 0.717) is 12.1 Å². The van der Waals surface area contributed by atoms with Crippen molar-refractivity contribution < 1.29 is 19.9 Å². The molecule has 0 bridgehead atoms. The van der Waals surface area contributed by atoms with Gasteiger partial charge in [0.25, 0.3) is 11.8 Å². The van der Waals surface area contributed by atoms with Gasteiger partial charge < -0.3 is 15.7 Å². The summed E-state index contributed by atoms with van der Waals surface area (Å²) in [6, 6.07) is 11.5. The molecule has 0 saturated carbocycles. The van der Waals surface area contributed by atoms with Crippen LogP contribution in [0.4, 0.5) is 0 Å². The molecule has 27 heavy (non-hydrogen) atoms. The first-order chi connectivity index (χ1) is 13.0. The second kappa shape index (κ2) is 10.4. The maximum atomic E-state index is 12.2. The third-order valence-electron chi connectivity index (χ3n) is 3.99. The Balaban J connectivity index is 1.83. The molecule has 1 aromatic heterocycles. The molecular formula is C19H24N4O4. The number of hydrogen-bond donors (Lipinski definition) is 5. The van der Waals surface area contributed by atoms with Crippen LogP contribution in [0, 0.1) is 0 Å². The Morgan fingerprint density at radius 1 is 1.15 bits per heavy atom. The van der Waals surface area contributed by atoms with Gasteiger partial charge in [0.2, 0.25) is 0 Å². The molecule has 144 valence electrons. The topological polar surface area (TPSA) is 124 Å². The van der Waals surface area contributed by atoms with Gasteiger partial charge >= 0.3 is 0 Å². The molecule has 0 saturated heterocycles. The van der Waals surface area contributed by atoms with Gasteiger partial charge in [0.05, 0.1) is 6.10 Å². The van der Waals surface area contributed by atoms with Crippen molar-refractivity contribution in [2.24, 2.45) is 0 Å². The van der Waals surface area contributed by atoms with Crippen molar-refractivity contribution in [2.45, 2.75) is 32.0 Å². The van der Waals surface area contributed by atoms with Gasteiger partial charge in [-0.15, -0.1) is 0 Å². The van der Waals surface area contributed by atoms with E-state index in [1.807, 2.05) is 30.3 Å². The predicted octanol–water partition coefficient (Wildman–Crippen LogP) is 0.398. The number of rotatable bonds is 9. The summed E-state index contributed by atoms with van der Waals surface area (Å²) in [4.78, 5) is 27.9. The first-order valence-corrected chi connectivity index (χ1v) is 8.63. The predicted molar refractivity (Wildman–Crippen MR) is 99.0 cm³/mol. The van der Waals surface area contributed by atoms with Crippen molar-refractivity contribution in [3.05, 3.63) is 65.5 Å². The lowest BCUT2D eigenvalue weighted by Crippen LogP contribution is -2.51. The number of aromatic nitrogens is 1. The lowest BCUT2D eigenvalue weighted by Gasteiger charge is -2.19. The van der Waals surface area contributed by atoms with Crippen LogP contribution >= 0.6 is 0 Å². The Bertz CT molecular complexity index is 735. The van der Waals surface area contributed by atoms with E-state index in [0.717, 1.165) is 24.2 Å². The van der Waals surface area contributed by atoms with Crippen LogP contribution in [0.25, 0.3) is 0 Å². The highest BCUT2D eigenvalue weighted by atomic mass is 16.5. The third kappa shape index (κ3) is 6.45. The van der Waals surface area contributed by atoms with Gasteiger partial charge in [0.15, 0.2) is 0 Å². The van der Waals surface area contributed by atoms with Gasteiger partial charge in [0, 0.05) is 37.0 Å². The summed E-state index contributed by atoms with van der Waals surface area (Å²) >= 11 is 0. The number of carbonyl (C=O) groups is 2. The average Bonchev–Trinajstić information content (AvgIpc) is 2.69.